The second-order valence-electron chi connectivity index (χ2n) is 7.24. The number of nitrogens with one attached hydrogen (secondary N) is 2. The van der Waals surface area contributed by atoms with Crippen molar-refractivity contribution in [2.24, 2.45) is 11.8 Å². The SMILES string of the molecule is COC(=O)[C@@H]1C(=O)C2=C(C[C@@H]1C)Nc1ccccc1N[C@@H]2c1ccc(Cl)cc1. The maximum Gasteiger partial charge on any atom is 0.316 e. The van der Waals surface area contributed by atoms with Crippen molar-refractivity contribution in [3.05, 3.63) is 70.4 Å². The fourth-order valence-corrected chi connectivity index (χ4v) is 4.17. The molecule has 0 amide bonds. The normalized spacial score (nSPS) is 23.7. The summed E-state index contributed by atoms with van der Waals surface area (Å²) in [6.07, 6.45) is 0.584. The van der Waals surface area contributed by atoms with Crippen molar-refractivity contribution in [2.45, 2.75) is 19.4 Å². The van der Waals surface area contributed by atoms with Crippen LogP contribution in [0, 0.1) is 11.8 Å². The average Bonchev–Trinajstić information content (AvgIpc) is 2.85. The van der Waals surface area contributed by atoms with Gasteiger partial charge in [0.2, 0.25) is 0 Å². The van der Waals surface area contributed by atoms with Gasteiger partial charge in [-0.1, -0.05) is 42.8 Å². The molecular formula is C22H21ClN2O3. The summed E-state index contributed by atoms with van der Waals surface area (Å²) in [6, 6.07) is 14.8. The van der Waals surface area contributed by atoms with Crippen molar-refractivity contribution >= 4 is 34.7 Å². The molecule has 0 aromatic heterocycles. The van der Waals surface area contributed by atoms with Gasteiger partial charge in [0.15, 0.2) is 5.78 Å². The Morgan fingerprint density at radius 3 is 2.46 bits per heavy atom. The van der Waals surface area contributed by atoms with Gasteiger partial charge >= 0.3 is 5.97 Å². The first-order valence-corrected chi connectivity index (χ1v) is 9.60. The number of hydrogen-bond acceptors (Lipinski definition) is 5. The molecular weight excluding hydrogens is 376 g/mol. The number of methoxy groups -OCH3 is 1. The van der Waals surface area contributed by atoms with Gasteiger partial charge in [-0.25, -0.2) is 0 Å². The molecule has 144 valence electrons. The van der Waals surface area contributed by atoms with Gasteiger partial charge in [-0.15, -0.1) is 0 Å². The van der Waals surface area contributed by atoms with E-state index in [4.69, 9.17) is 16.3 Å². The van der Waals surface area contributed by atoms with Crippen molar-refractivity contribution in [3.8, 4) is 0 Å². The fourth-order valence-electron chi connectivity index (χ4n) is 4.04. The molecule has 28 heavy (non-hydrogen) atoms. The summed E-state index contributed by atoms with van der Waals surface area (Å²) in [7, 11) is 1.32. The number of para-hydroxylation sites is 2. The van der Waals surface area contributed by atoms with Gasteiger partial charge < -0.3 is 15.4 Å². The molecule has 1 aliphatic carbocycles. The summed E-state index contributed by atoms with van der Waals surface area (Å²) in [5.74, 6) is -1.64. The lowest BCUT2D eigenvalue weighted by Gasteiger charge is -2.32. The highest BCUT2D eigenvalue weighted by molar-refractivity contribution is 6.30. The Balaban J connectivity index is 1.87. The number of benzene rings is 2. The molecule has 0 fully saturated rings. The molecule has 4 rings (SSSR count). The molecule has 0 unspecified atom stereocenters. The quantitative estimate of drug-likeness (QED) is 0.575. The molecule has 0 radical (unpaired) electrons. The van der Waals surface area contributed by atoms with E-state index in [2.05, 4.69) is 10.6 Å². The zero-order valence-electron chi connectivity index (χ0n) is 15.7. The molecule has 1 aliphatic heterocycles. The van der Waals surface area contributed by atoms with Crippen LogP contribution in [-0.2, 0) is 14.3 Å². The van der Waals surface area contributed by atoms with E-state index in [0.717, 1.165) is 22.6 Å². The molecule has 6 heteroatoms. The van der Waals surface area contributed by atoms with E-state index in [1.54, 1.807) is 12.1 Å². The molecule has 2 aromatic carbocycles. The number of allylic oxidation sites excluding steroid dienone is 1. The Morgan fingerprint density at radius 2 is 1.79 bits per heavy atom. The number of anilines is 2. The first kappa shape index (κ1) is 18.6. The van der Waals surface area contributed by atoms with Gasteiger partial charge in [-0.2, -0.15) is 0 Å². The molecule has 2 aromatic rings. The number of carbonyl (C=O) groups is 2. The summed E-state index contributed by atoms with van der Waals surface area (Å²) in [6.45, 7) is 1.91. The first-order valence-electron chi connectivity index (χ1n) is 9.22. The minimum absolute atomic E-state index is 0.151. The van der Waals surface area contributed by atoms with Crippen LogP contribution in [0.2, 0.25) is 5.02 Å². The lowest BCUT2D eigenvalue weighted by molar-refractivity contribution is -0.151. The van der Waals surface area contributed by atoms with Gasteiger partial charge in [-0.3, -0.25) is 9.59 Å². The van der Waals surface area contributed by atoms with E-state index < -0.39 is 17.9 Å². The van der Waals surface area contributed by atoms with E-state index in [-0.39, 0.29) is 11.7 Å². The Kier molecular flexibility index (Phi) is 4.85. The molecule has 3 atom stereocenters. The third kappa shape index (κ3) is 3.16. The highest BCUT2D eigenvalue weighted by Gasteiger charge is 2.44. The maximum atomic E-state index is 13.5. The lowest BCUT2D eigenvalue weighted by atomic mass is 9.75. The van der Waals surface area contributed by atoms with E-state index >= 15 is 0 Å². The second-order valence-corrected chi connectivity index (χ2v) is 7.67. The van der Waals surface area contributed by atoms with Gasteiger partial charge in [0.1, 0.15) is 5.92 Å². The predicted octanol–water partition coefficient (Wildman–Crippen LogP) is 4.57. The third-order valence-electron chi connectivity index (χ3n) is 5.43. The van der Waals surface area contributed by atoms with Crippen LogP contribution >= 0.6 is 11.6 Å². The standard InChI is InChI=1S/C22H21ClN2O3/c1-12-11-17-19(21(26)18(12)22(27)28-2)20(13-7-9-14(23)10-8-13)25-16-6-4-3-5-15(16)24-17/h3-10,12,18,20,24-25H,11H2,1-2H3/t12-,18-,20+/m0/s1. The van der Waals surface area contributed by atoms with Crippen LogP contribution in [0.25, 0.3) is 0 Å². The van der Waals surface area contributed by atoms with Crippen molar-refractivity contribution in [2.75, 3.05) is 17.7 Å². The molecule has 1 heterocycles. The van der Waals surface area contributed by atoms with Crippen LogP contribution < -0.4 is 10.6 Å². The lowest BCUT2D eigenvalue weighted by Crippen LogP contribution is -2.39. The first-order chi connectivity index (χ1) is 13.5. The van der Waals surface area contributed by atoms with Crippen molar-refractivity contribution < 1.29 is 14.3 Å². The molecule has 0 saturated heterocycles. The van der Waals surface area contributed by atoms with Gasteiger partial charge in [0.05, 0.1) is 24.5 Å². The number of halogens is 1. The largest absolute Gasteiger partial charge is 0.468 e. The number of Topliss-reactive ketones (excluding diaryl/α,β-unsaturated/α-hetero) is 1. The Morgan fingerprint density at radius 1 is 1.11 bits per heavy atom. The second kappa shape index (κ2) is 7.32. The smallest absolute Gasteiger partial charge is 0.316 e. The average molecular weight is 397 g/mol. The van der Waals surface area contributed by atoms with Crippen LogP contribution in [-0.4, -0.2) is 18.9 Å². The van der Waals surface area contributed by atoms with Crippen LogP contribution in [0.5, 0.6) is 0 Å². The van der Waals surface area contributed by atoms with Crippen molar-refractivity contribution in [1.29, 1.82) is 0 Å². The third-order valence-corrected chi connectivity index (χ3v) is 5.68. The minimum atomic E-state index is -0.802. The summed E-state index contributed by atoms with van der Waals surface area (Å²) in [5, 5.41) is 7.54. The maximum absolute atomic E-state index is 13.5. The van der Waals surface area contributed by atoms with Crippen LogP contribution in [0.15, 0.2) is 59.8 Å². The zero-order chi connectivity index (χ0) is 19.8. The number of esters is 1. The van der Waals surface area contributed by atoms with Crippen molar-refractivity contribution in [1.82, 2.24) is 0 Å². The van der Waals surface area contributed by atoms with Crippen LogP contribution in [0.1, 0.15) is 24.9 Å². The minimum Gasteiger partial charge on any atom is -0.468 e. The van der Waals surface area contributed by atoms with E-state index in [0.29, 0.717) is 17.0 Å². The predicted molar refractivity (Wildman–Crippen MR) is 109 cm³/mol. The van der Waals surface area contributed by atoms with Gasteiger partial charge in [0.25, 0.3) is 0 Å². The van der Waals surface area contributed by atoms with E-state index in [9.17, 15) is 9.59 Å². The number of ether oxygens (including phenoxy) is 1. The Labute approximate surface area is 168 Å². The number of hydrogen-bond donors (Lipinski definition) is 2. The van der Waals surface area contributed by atoms with Crippen molar-refractivity contribution in [3.63, 3.8) is 0 Å². The monoisotopic (exact) mass is 396 g/mol. The Hall–Kier alpha value is -2.79. The fraction of sp³-hybridized carbons (Fsp3) is 0.273. The summed E-state index contributed by atoms with van der Waals surface area (Å²) >= 11 is 6.06. The summed E-state index contributed by atoms with van der Waals surface area (Å²) in [5.41, 5.74) is 4.12. The zero-order valence-corrected chi connectivity index (χ0v) is 16.4. The van der Waals surface area contributed by atoms with E-state index in [1.807, 2.05) is 43.3 Å². The van der Waals surface area contributed by atoms with E-state index in [1.165, 1.54) is 7.11 Å². The molecule has 2 aliphatic rings. The highest BCUT2D eigenvalue weighted by Crippen LogP contribution is 2.43. The van der Waals surface area contributed by atoms with Gasteiger partial charge in [0, 0.05) is 16.3 Å². The molecule has 2 N–H and O–H groups in total. The van der Waals surface area contributed by atoms with Crippen LogP contribution in [0.3, 0.4) is 0 Å². The number of carbonyl (C=O) groups excluding carboxylic acids is 2. The number of rotatable bonds is 2. The molecule has 0 spiro atoms. The molecule has 0 bridgehead atoms. The van der Waals surface area contributed by atoms with Crippen LogP contribution in [0.4, 0.5) is 11.4 Å². The Bertz CT molecular complexity index is 968. The van der Waals surface area contributed by atoms with Gasteiger partial charge in [-0.05, 0) is 42.2 Å². The number of ketones is 1. The molecule has 5 nitrogen and oxygen atoms in total. The topological polar surface area (TPSA) is 67.4 Å². The highest BCUT2D eigenvalue weighted by atomic mass is 35.5. The molecule has 0 saturated carbocycles. The summed E-state index contributed by atoms with van der Waals surface area (Å²) < 4.78 is 4.92. The summed E-state index contributed by atoms with van der Waals surface area (Å²) in [4.78, 5) is 25.8. The number of fused-ring (bicyclic) bond motifs is 1.